The Kier molecular flexibility index (Phi) is 64.1. The van der Waals surface area contributed by atoms with Gasteiger partial charge < -0.3 is 0 Å². The van der Waals surface area contributed by atoms with Crippen LogP contribution < -0.4 is 0 Å². The van der Waals surface area contributed by atoms with Gasteiger partial charge >= 0.3 is 73.2 Å². The van der Waals surface area contributed by atoms with Gasteiger partial charge in [-0.2, -0.15) is 0 Å². The average molecular weight is 337 g/mol. The van der Waals surface area contributed by atoms with E-state index >= 15 is 0 Å². The Balaban J connectivity index is -0.00000000500. The first-order chi connectivity index (χ1) is 1.00. The molecule has 0 rings (SSSR count). The first-order valence-electron chi connectivity index (χ1n) is 0.183. The molecule has 0 atom stereocenters. The first kappa shape index (κ1) is 15.7. The van der Waals surface area contributed by atoms with Crippen LogP contribution in [0.2, 0.25) is 0 Å². The fourth-order valence-corrected chi connectivity index (χ4v) is 0. The van der Waals surface area contributed by atoms with Crippen molar-refractivity contribution in [1.29, 1.82) is 0 Å². The molecule has 0 unspecified atom stereocenters. The molecule has 0 fully saturated rings. The molecular weight excluding hydrogens is 335 g/mol. The standard InChI is InChI=1S/Ba.Nb.O.Y.2H. The molecule has 1 radical (unpaired) electrons. The maximum Gasteiger partial charge on any atom is 0 e. The van der Waals surface area contributed by atoms with E-state index in [9.17, 15) is 0 Å². The van der Waals surface area contributed by atoms with Gasteiger partial charge in [0.2, 0.25) is 0 Å². The van der Waals surface area contributed by atoms with Crippen LogP contribution in [0.25, 0.3) is 0 Å². The van der Waals surface area contributed by atoms with E-state index in [1.165, 1.54) is 0 Å². The molecule has 0 spiro atoms. The molecule has 0 aliphatic carbocycles. The minimum Gasteiger partial charge on any atom is 0 e. The SMILES string of the molecule is [BaH2].[O]=[Nb].[Y]. The second-order valence-corrected chi connectivity index (χ2v) is 0. The maximum atomic E-state index is 8.30. The van der Waals surface area contributed by atoms with E-state index < -0.39 is 0 Å². The fourth-order valence-electron chi connectivity index (χ4n) is 0. The van der Waals surface area contributed by atoms with Crippen molar-refractivity contribution in [3.8, 4) is 0 Å². The molecule has 0 aromatic rings. The maximum absolute atomic E-state index is 8.30. The van der Waals surface area contributed by atoms with E-state index in [0.717, 1.165) is 0 Å². The topological polar surface area (TPSA) is 17.1 Å². The van der Waals surface area contributed by atoms with E-state index in [4.69, 9.17) is 3.25 Å². The van der Waals surface area contributed by atoms with Crippen LogP contribution >= 0.6 is 0 Å². The monoisotopic (exact) mass is 338 g/mol. The summed E-state index contributed by atoms with van der Waals surface area (Å²) in [6.07, 6.45) is 0. The van der Waals surface area contributed by atoms with Gasteiger partial charge in [-0.25, -0.2) is 0 Å². The Hall–Kier alpha value is 3.22. The largest absolute Gasteiger partial charge is 0 e. The van der Waals surface area contributed by atoms with Crippen molar-refractivity contribution in [2.45, 2.75) is 0 Å². The van der Waals surface area contributed by atoms with Crippen molar-refractivity contribution in [3.05, 3.63) is 0 Å². The Morgan fingerprint density at radius 2 is 1.25 bits per heavy atom. The van der Waals surface area contributed by atoms with Crippen molar-refractivity contribution in [1.82, 2.24) is 0 Å². The Labute approximate surface area is 103 Å². The van der Waals surface area contributed by atoms with Gasteiger partial charge in [0.15, 0.2) is 0 Å². The van der Waals surface area contributed by atoms with Gasteiger partial charge in [0.1, 0.15) is 0 Å². The summed E-state index contributed by atoms with van der Waals surface area (Å²) in [6, 6.07) is 0. The number of hydrogen-bond donors (Lipinski definition) is 0. The summed E-state index contributed by atoms with van der Waals surface area (Å²) in [6.45, 7) is 0. The molecule has 0 bridgehead atoms. The molecule has 4 heavy (non-hydrogen) atoms. The van der Waals surface area contributed by atoms with Crippen molar-refractivity contribution >= 4 is 48.9 Å². The molecule has 0 saturated carbocycles. The van der Waals surface area contributed by atoms with Crippen LogP contribution in [0.15, 0.2) is 0 Å². The van der Waals surface area contributed by atoms with Crippen molar-refractivity contribution in [2.24, 2.45) is 0 Å². The zero-order valence-electron chi connectivity index (χ0n) is 1.43. The zero-order chi connectivity index (χ0) is 2.00. The Morgan fingerprint density at radius 3 is 1.25 bits per heavy atom. The third-order valence-electron chi connectivity index (χ3n) is 0. The van der Waals surface area contributed by atoms with Crippen LogP contribution in [-0.2, 0) is 57.0 Å². The van der Waals surface area contributed by atoms with E-state index in [1.54, 1.807) is 0 Å². The van der Waals surface area contributed by atoms with Crippen LogP contribution in [0.3, 0.4) is 0 Å². The summed E-state index contributed by atoms with van der Waals surface area (Å²) < 4.78 is 8.30. The van der Waals surface area contributed by atoms with E-state index in [2.05, 4.69) is 0 Å². The van der Waals surface area contributed by atoms with Gasteiger partial charge in [0.25, 0.3) is 0 Å². The molecule has 4 heteroatoms. The predicted molar refractivity (Wildman–Crippen MR) is 9.23 cm³/mol. The zero-order valence-corrected chi connectivity index (χ0v) is 6.47. The smallest absolute Gasteiger partial charge is 0 e. The molecule has 0 aromatic carbocycles. The van der Waals surface area contributed by atoms with E-state index in [0.29, 0.717) is 21.0 Å². The summed E-state index contributed by atoms with van der Waals surface area (Å²) >= 11 is 0.500. The summed E-state index contributed by atoms with van der Waals surface area (Å²) in [5, 5.41) is 0. The average Bonchev–Trinajstić information content (AvgIpc) is 1.00. The fraction of sp³-hybridized carbons (Fsp3) is 0. The summed E-state index contributed by atoms with van der Waals surface area (Å²) in [7, 11) is 0. The van der Waals surface area contributed by atoms with Crippen LogP contribution in [0.5, 0.6) is 0 Å². The number of hydrogen-bond acceptors (Lipinski definition) is 1. The Bertz CT molecular complexity index is 8.00. The predicted octanol–water partition coefficient (Wildman–Crippen LogP) is -1.04. The summed E-state index contributed by atoms with van der Waals surface area (Å²) in [4.78, 5) is 0. The molecule has 0 heterocycles. The van der Waals surface area contributed by atoms with Gasteiger partial charge in [-0.15, -0.1) is 0 Å². The van der Waals surface area contributed by atoms with Crippen LogP contribution in [0, 0.1) is 0 Å². The minimum absolute atomic E-state index is 0. The van der Waals surface area contributed by atoms with Crippen LogP contribution in [0.4, 0.5) is 0 Å². The third kappa shape index (κ3) is 8.96. The second-order valence-electron chi connectivity index (χ2n) is 0. The van der Waals surface area contributed by atoms with Gasteiger partial charge in [-0.1, -0.05) is 0 Å². The molecule has 1 nitrogen and oxygen atoms in total. The van der Waals surface area contributed by atoms with Crippen molar-refractivity contribution in [3.63, 3.8) is 0 Å². The quantitative estimate of drug-likeness (QED) is 0.516. The molecule has 0 aliphatic rings. The van der Waals surface area contributed by atoms with Gasteiger partial charge in [-0.05, 0) is 0 Å². The van der Waals surface area contributed by atoms with Gasteiger partial charge in [0.05, 0.1) is 0 Å². The van der Waals surface area contributed by atoms with Gasteiger partial charge in [-0.3, -0.25) is 0 Å². The molecule has 0 N–H and O–H groups in total. The Morgan fingerprint density at radius 1 is 1.25 bits per heavy atom. The third-order valence-corrected chi connectivity index (χ3v) is 0. The molecular formula is H2BaNbOY. The molecule has 0 saturated heterocycles. The minimum atomic E-state index is 0. The molecule has 0 amide bonds. The molecule has 0 aliphatic heterocycles. The molecule has 0 aromatic heterocycles. The van der Waals surface area contributed by atoms with E-state index in [-0.39, 0.29) is 81.6 Å². The first-order valence-corrected chi connectivity index (χ1v) is 1.08. The molecule has 18 valence electrons. The van der Waals surface area contributed by atoms with Crippen molar-refractivity contribution < 1.29 is 57.0 Å². The summed E-state index contributed by atoms with van der Waals surface area (Å²) in [5.41, 5.74) is 0. The normalized spacial score (nSPS) is 0.750. The van der Waals surface area contributed by atoms with Gasteiger partial charge in [0, 0.05) is 32.7 Å². The van der Waals surface area contributed by atoms with Crippen molar-refractivity contribution in [2.75, 3.05) is 0 Å². The summed E-state index contributed by atoms with van der Waals surface area (Å²) in [5.74, 6) is 0. The van der Waals surface area contributed by atoms with Crippen LogP contribution in [-0.4, -0.2) is 48.9 Å². The van der Waals surface area contributed by atoms with Crippen LogP contribution in [0.1, 0.15) is 0 Å². The number of rotatable bonds is 0. The van der Waals surface area contributed by atoms with E-state index in [1.807, 2.05) is 0 Å². The second kappa shape index (κ2) is 16.4.